The van der Waals surface area contributed by atoms with Gasteiger partial charge in [0.15, 0.2) is 0 Å². The van der Waals surface area contributed by atoms with Gasteiger partial charge in [0.25, 0.3) is 0 Å². The van der Waals surface area contributed by atoms with Gasteiger partial charge in [-0.1, -0.05) is 0 Å². The van der Waals surface area contributed by atoms with Crippen LogP contribution in [0.2, 0.25) is 0 Å². The molecule has 2 aromatic carbocycles. The summed E-state index contributed by atoms with van der Waals surface area (Å²) in [6, 6.07) is 13.4. The fourth-order valence-electron chi connectivity index (χ4n) is 2.37. The second kappa shape index (κ2) is 10.3. The molecule has 0 N–H and O–H groups in total. The van der Waals surface area contributed by atoms with E-state index in [1.54, 1.807) is 62.4 Å². The van der Waals surface area contributed by atoms with E-state index >= 15 is 0 Å². The van der Waals surface area contributed by atoms with Crippen molar-refractivity contribution in [3.05, 3.63) is 59.7 Å². The summed E-state index contributed by atoms with van der Waals surface area (Å²) in [4.78, 5) is 24.5. The van der Waals surface area contributed by atoms with E-state index in [9.17, 15) is 9.59 Å². The topological polar surface area (TPSA) is 71.1 Å². The van der Waals surface area contributed by atoms with E-state index in [0.29, 0.717) is 35.8 Å². The van der Waals surface area contributed by atoms with Crippen LogP contribution in [0.4, 0.5) is 0 Å². The van der Waals surface area contributed by atoms with Crippen LogP contribution >= 0.6 is 0 Å². The monoisotopic (exact) mass is 386 g/mol. The molecule has 2 aromatic rings. The normalized spacial score (nSPS) is 12.6. The molecule has 0 aliphatic carbocycles. The molecule has 0 amide bonds. The van der Waals surface area contributed by atoms with Crippen molar-refractivity contribution in [1.82, 2.24) is 0 Å². The molecular formula is C22H26O6. The van der Waals surface area contributed by atoms with E-state index < -0.39 is 24.1 Å². The fraction of sp³-hybridized carbons (Fsp3) is 0.364. The number of ether oxygens (including phenoxy) is 4. The zero-order valence-electron chi connectivity index (χ0n) is 16.6. The smallest absolute Gasteiger partial charge is 0.338 e. The van der Waals surface area contributed by atoms with Crippen LogP contribution in [0.15, 0.2) is 48.5 Å². The molecular weight excluding hydrogens is 360 g/mol. The summed E-state index contributed by atoms with van der Waals surface area (Å²) in [5, 5.41) is 0. The summed E-state index contributed by atoms with van der Waals surface area (Å²) in [5.41, 5.74) is 0.806. The van der Waals surface area contributed by atoms with Gasteiger partial charge in [-0.15, -0.1) is 0 Å². The van der Waals surface area contributed by atoms with Crippen molar-refractivity contribution >= 4 is 11.9 Å². The third kappa shape index (κ3) is 6.01. The lowest BCUT2D eigenvalue weighted by molar-refractivity contribution is -0.0239. The molecule has 0 bridgehead atoms. The molecule has 0 saturated carbocycles. The fourth-order valence-corrected chi connectivity index (χ4v) is 2.37. The van der Waals surface area contributed by atoms with Crippen molar-refractivity contribution in [1.29, 1.82) is 0 Å². The molecule has 6 heteroatoms. The Kier molecular flexibility index (Phi) is 7.87. The highest BCUT2D eigenvalue weighted by molar-refractivity contribution is 5.90. The first-order chi connectivity index (χ1) is 13.4. The molecule has 0 radical (unpaired) electrons. The number of hydrogen-bond acceptors (Lipinski definition) is 6. The van der Waals surface area contributed by atoms with E-state index in [-0.39, 0.29) is 0 Å². The molecule has 2 atom stereocenters. The van der Waals surface area contributed by atoms with Crippen LogP contribution in [0.3, 0.4) is 0 Å². The van der Waals surface area contributed by atoms with Crippen molar-refractivity contribution in [3.8, 4) is 11.5 Å². The van der Waals surface area contributed by atoms with Gasteiger partial charge < -0.3 is 18.9 Å². The Morgan fingerprint density at radius 1 is 0.679 bits per heavy atom. The van der Waals surface area contributed by atoms with Crippen LogP contribution in [0.1, 0.15) is 48.4 Å². The maximum Gasteiger partial charge on any atom is 0.338 e. The van der Waals surface area contributed by atoms with Gasteiger partial charge in [-0.05, 0) is 76.2 Å². The highest BCUT2D eigenvalue weighted by atomic mass is 16.6. The van der Waals surface area contributed by atoms with Gasteiger partial charge in [-0.3, -0.25) is 0 Å². The average molecular weight is 386 g/mol. The molecule has 2 rings (SSSR count). The third-order valence-electron chi connectivity index (χ3n) is 4.05. The van der Waals surface area contributed by atoms with E-state index in [2.05, 4.69) is 0 Å². The predicted molar refractivity (Wildman–Crippen MR) is 105 cm³/mol. The van der Waals surface area contributed by atoms with Crippen LogP contribution in [-0.4, -0.2) is 37.4 Å². The van der Waals surface area contributed by atoms with Crippen molar-refractivity contribution in [3.63, 3.8) is 0 Å². The lowest BCUT2D eigenvalue weighted by atomic mass is 10.2. The van der Waals surface area contributed by atoms with Crippen LogP contribution in [0.5, 0.6) is 11.5 Å². The van der Waals surface area contributed by atoms with Gasteiger partial charge in [0.2, 0.25) is 0 Å². The van der Waals surface area contributed by atoms with Crippen molar-refractivity contribution < 1.29 is 28.5 Å². The van der Waals surface area contributed by atoms with Crippen LogP contribution in [0.25, 0.3) is 0 Å². The minimum absolute atomic E-state index is 0.403. The first-order valence-corrected chi connectivity index (χ1v) is 9.32. The molecule has 6 nitrogen and oxygen atoms in total. The SMILES string of the molecule is CCOc1ccc(C(=O)OC(C)C(C)OC(=O)c2ccc(OCC)cc2)cc1. The molecule has 28 heavy (non-hydrogen) atoms. The van der Waals surface area contributed by atoms with Gasteiger partial charge in [0.05, 0.1) is 24.3 Å². The molecule has 0 spiro atoms. The van der Waals surface area contributed by atoms with Crippen molar-refractivity contribution in [2.45, 2.75) is 39.9 Å². The summed E-state index contributed by atoms with van der Waals surface area (Å²) in [6.45, 7) is 8.25. The van der Waals surface area contributed by atoms with Gasteiger partial charge in [0.1, 0.15) is 23.7 Å². The number of carbonyl (C=O) groups is 2. The Bertz CT molecular complexity index is 699. The van der Waals surface area contributed by atoms with Crippen molar-refractivity contribution in [2.24, 2.45) is 0 Å². The zero-order valence-corrected chi connectivity index (χ0v) is 16.6. The quantitative estimate of drug-likeness (QED) is 0.599. The number of hydrogen-bond donors (Lipinski definition) is 0. The molecule has 0 saturated heterocycles. The van der Waals surface area contributed by atoms with Crippen molar-refractivity contribution in [2.75, 3.05) is 13.2 Å². The molecule has 0 heterocycles. The maximum absolute atomic E-state index is 12.3. The minimum Gasteiger partial charge on any atom is -0.494 e. The summed E-state index contributed by atoms with van der Waals surface area (Å²) < 4.78 is 21.5. The lowest BCUT2D eigenvalue weighted by Gasteiger charge is -2.21. The third-order valence-corrected chi connectivity index (χ3v) is 4.05. The zero-order chi connectivity index (χ0) is 20.5. The molecule has 150 valence electrons. The first-order valence-electron chi connectivity index (χ1n) is 9.32. The summed E-state index contributed by atoms with van der Waals surface area (Å²) in [7, 11) is 0. The largest absolute Gasteiger partial charge is 0.494 e. The van der Waals surface area contributed by atoms with Crippen LogP contribution < -0.4 is 9.47 Å². The first kappa shape index (κ1) is 21.3. The Balaban J connectivity index is 1.89. The highest BCUT2D eigenvalue weighted by Gasteiger charge is 2.22. The highest BCUT2D eigenvalue weighted by Crippen LogP contribution is 2.16. The van der Waals surface area contributed by atoms with E-state index in [1.165, 1.54) is 0 Å². The predicted octanol–water partition coefficient (Wildman–Crippen LogP) is 4.27. The van der Waals surface area contributed by atoms with Crippen LogP contribution in [0, 0.1) is 0 Å². The van der Waals surface area contributed by atoms with E-state index in [0.717, 1.165) is 0 Å². The Morgan fingerprint density at radius 3 is 1.29 bits per heavy atom. The molecule has 2 unspecified atom stereocenters. The van der Waals surface area contributed by atoms with E-state index in [1.807, 2.05) is 13.8 Å². The minimum atomic E-state index is -0.606. The van der Waals surface area contributed by atoms with E-state index in [4.69, 9.17) is 18.9 Å². The second-order valence-electron chi connectivity index (χ2n) is 6.14. The number of benzene rings is 2. The Hall–Kier alpha value is -3.02. The molecule has 0 aliphatic heterocycles. The van der Waals surface area contributed by atoms with Gasteiger partial charge in [0, 0.05) is 0 Å². The van der Waals surface area contributed by atoms with Crippen LogP contribution in [-0.2, 0) is 9.47 Å². The second-order valence-corrected chi connectivity index (χ2v) is 6.14. The number of rotatable bonds is 9. The summed E-state index contributed by atoms with van der Waals surface area (Å²) >= 11 is 0. The summed E-state index contributed by atoms with van der Waals surface area (Å²) in [6.07, 6.45) is -1.21. The average Bonchev–Trinajstić information content (AvgIpc) is 2.69. The number of carbonyl (C=O) groups excluding carboxylic acids is 2. The molecule has 0 fully saturated rings. The maximum atomic E-state index is 12.3. The molecule has 0 aromatic heterocycles. The lowest BCUT2D eigenvalue weighted by Crippen LogP contribution is -2.30. The molecule has 0 aliphatic rings. The van der Waals surface area contributed by atoms with Gasteiger partial charge >= 0.3 is 11.9 Å². The Labute approximate surface area is 165 Å². The Morgan fingerprint density at radius 2 is 1.00 bits per heavy atom. The van der Waals surface area contributed by atoms with Gasteiger partial charge in [-0.25, -0.2) is 9.59 Å². The number of esters is 2. The summed E-state index contributed by atoms with van der Waals surface area (Å²) in [5.74, 6) is 0.397. The standard InChI is InChI=1S/C22H26O6/c1-5-25-19-11-7-17(8-12-19)21(23)27-15(3)16(4)28-22(24)18-9-13-20(14-10-18)26-6-2/h7-16H,5-6H2,1-4H3. The van der Waals surface area contributed by atoms with Gasteiger partial charge in [-0.2, -0.15) is 0 Å².